The molecule has 1 heterocycles. The van der Waals surface area contributed by atoms with Gasteiger partial charge < -0.3 is 5.32 Å². The third-order valence-corrected chi connectivity index (χ3v) is 3.32. The molecule has 0 fully saturated rings. The molecule has 1 aromatic heterocycles. The number of thioether (sulfide) groups is 1. The summed E-state index contributed by atoms with van der Waals surface area (Å²) >= 11 is 6.41. The highest BCUT2D eigenvalue weighted by molar-refractivity contribution is 8.03. The van der Waals surface area contributed by atoms with Crippen LogP contribution >= 0.6 is 23.4 Å². The summed E-state index contributed by atoms with van der Waals surface area (Å²) in [6, 6.07) is 7.05. The molecule has 9 heteroatoms. The van der Waals surface area contributed by atoms with E-state index in [9.17, 15) is 10.1 Å². The van der Waals surface area contributed by atoms with E-state index >= 15 is 0 Å². The highest BCUT2D eigenvalue weighted by atomic mass is 35.5. The fourth-order valence-electron chi connectivity index (χ4n) is 1.56. The summed E-state index contributed by atoms with van der Waals surface area (Å²) in [5.41, 5.74) is 0.583. The van der Waals surface area contributed by atoms with E-state index in [4.69, 9.17) is 16.9 Å². The van der Waals surface area contributed by atoms with Gasteiger partial charge in [-0.1, -0.05) is 23.7 Å². The molecule has 21 heavy (non-hydrogen) atoms. The molecule has 0 atom stereocenters. The number of hydrogen-bond donors (Lipinski definition) is 1. The van der Waals surface area contributed by atoms with Crippen molar-refractivity contribution in [3.05, 3.63) is 51.3 Å². The molecule has 2 rings (SSSR count). The number of hydrogen-bond acceptors (Lipinski definition) is 7. The van der Waals surface area contributed by atoms with Crippen molar-refractivity contribution in [2.75, 3.05) is 5.32 Å². The zero-order valence-electron chi connectivity index (χ0n) is 10.5. The SMILES string of the molecule is N#CSc1ncnc(NCc2ccc(Cl)cc2)c1[N+](=O)[O-]. The monoisotopic (exact) mass is 321 g/mol. The van der Waals surface area contributed by atoms with Gasteiger partial charge in [-0.3, -0.25) is 10.1 Å². The van der Waals surface area contributed by atoms with Crippen molar-refractivity contribution in [3.63, 3.8) is 0 Å². The van der Waals surface area contributed by atoms with Gasteiger partial charge >= 0.3 is 5.69 Å². The van der Waals surface area contributed by atoms with Crippen molar-refractivity contribution < 1.29 is 4.92 Å². The van der Waals surface area contributed by atoms with Gasteiger partial charge in [0, 0.05) is 23.3 Å². The number of nitrogens with zero attached hydrogens (tertiary/aromatic N) is 4. The molecule has 7 nitrogen and oxygen atoms in total. The van der Waals surface area contributed by atoms with Crippen LogP contribution in [0.2, 0.25) is 5.02 Å². The number of nitrogens with one attached hydrogen (secondary N) is 1. The molecule has 0 radical (unpaired) electrons. The van der Waals surface area contributed by atoms with E-state index in [1.165, 1.54) is 6.33 Å². The van der Waals surface area contributed by atoms with Gasteiger partial charge in [-0.2, -0.15) is 5.26 Å². The van der Waals surface area contributed by atoms with Crippen LogP contribution in [0.1, 0.15) is 5.56 Å². The number of benzene rings is 1. The molecular formula is C12H8ClN5O2S. The van der Waals surface area contributed by atoms with Crippen molar-refractivity contribution in [2.24, 2.45) is 0 Å². The number of nitro groups is 1. The minimum Gasteiger partial charge on any atom is -0.360 e. The lowest BCUT2D eigenvalue weighted by molar-refractivity contribution is -0.387. The Bertz CT molecular complexity index is 702. The molecule has 2 aromatic rings. The first-order chi connectivity index (χ1) is 10.1. The van der Waals surface area contributed by atoms with E-state index in [1.54, 1.807) is 29.7 Å². The van der Waals surface area contributed by atoms with Gasteiger partial charge in [0.1, 0.15) is 11.7 Å². The minimum absolute atomic E-state index is 0.0103. The topological polar surface area (TPSA) is 105 Å². The molecule has 0 spiro atoms. The van der Waals surface area contributed by atoms with E-state index in [2.05, 4.69) is 15.3 Å². The standard InChI is InChI=1S/C12H8ClN5O2S/c13-9-3-1-8(2-4-9)5-15-11-10(18(19)20)12(21-6-14)17-7-16-11/h1-4,7H,5H2,(H,15,16,17). The van der Waals surface area contributed by atoms with Crippen LogP contribution in [0.3, 0.4) is 0 Å². The predicted octanol–water partition coefficient (Wildman–Crippen LogP) is 3.22. The van der Waals surface area contributed by atoms with E-state index in [-0.39, 0.29) is 16.5 Å². The zero-order valence-corrected chi connectivity index (χ0v) is 12.1. The number of halogens is 1. The van der Waals surface area contributed by atoms with Crippen molar-refractivity contribution in [1.82, 2.24) is 9.97 Å². The van der Waals surface area contributed by atoms with Crippen LogP contribution in [0.5, 0.6) is 0 Å². The highest BCUT2D eigenvalue weighted by Crippen LogP contribution is 2.31. The van der Waals surface area contributed by atoms with Crippen LogP contribution < -0.4 is 5.32 Å². The fourth-order valence-corrected chi connectivity index (χ4v) is 2.14. The Balaban J connectivity index is 2.23. The second-order valence-electron chi connectivity index (χ2n) is 3.81. The number of rotatable bonds is 5. The highest BCUT2D eigenvalue weighted by Gasteiger charge is 2.23. The van der Waals surface area contributed by atoms with Gasteiger partial charge in [-0.25, -0.2) is 9.97 Å². The van der Waals surface area contributed by atoms with Gasteiger partial charge in [0.25, 0.3) is 0 Å². The number of thiocyanates is 1. The van der Waals surface area contributed by atoms with Gasteiger partial charge in [-0.15, -0.1) is 0 Å². The second kappa shape index (κ2) is 6.88. The third-order valence-electron chi connectivity index (χ3n) is 2.49. The van der Waals surface area contributed by atoms with Crippen LogP contribution in [-0.4, -0.2) is 14.9 Å². The van der Waals surface area contributed by atoms with Crippen LogP contribution in [-0.2, 0) is 6.54 Å². The predicted molar refractivity (Wildman–Crippen MR) is 78.9 cm³/mol. The Morgan fingerprint density at radius 3 is 2.71 bits per heavy atom. The average molecular weight is 322 g/mol. The molecule has 0 unspecified atom stereocenters. The van der Waals surface area contributed by atoms with E-state index in [0.29, 0.717) is 23.3 Å². The van der Waals surface area contributed by atoms with Gasteiger partial charge in [0.05, 0.1) is 4.92 Å². The normalized spacial score (nSPS) is 9.90. The van der Waals surface area contributed by atoms with Crippen LogP contribution in [0.25, 0.3) is 0 Å². The molecule has 0 amide bonds. The van der Waals surface area contributed by atoms with Crippen molar-refractivity contribution in [3.8, 4) is 5.40 Å². The van der Waals surface area contributed by atoms with Gasteiger partial charge in [-0.05, 0) is 17.7 Å². The first-order valence-corrected chi connectivity index (χ1v) is 6.85. The first kappa shape index (κ1) is 15.0. The summed E-state index contributed by atoms with van der Waals surface area (Å²) in [6.07, 6.45) is 1.18. The number of anilines is 1. The summed E-state index contributed by atoms with van der Waals surface area (Å²) in [5.74, 6) is 0.0719. The first-order valence-electron chi connectivity index (χ1n) is 5.65. The molecule has 0 aliphatic carbocycles. The summed E-state index contributed by atoms with van der Waals surface area (Å²) in [4.78, 5) is 18.1. The fraction of sp³-hybridized carbons (Fsp3) is 0.0833. The summed E-state index contributed by atoms with van der Waals surface area (Å²) in [7, 11) is 0. The lowest BCUT2D eigenvalue weighted by Gasteiger charge is -2.07. The number of aromatic nitrogens is 2. The summed E-state index contributed by atoms with van der Waals surface area (Å²) < 4.78 is 0. The van der Waals surface area contributed by atoms with Gasteiger partial charge in [0.15, 0.2) is 5.03 Å². The van der Waals surface area contributed by atoms with Gasteiger partial charge in [0.2, 0.25) is 5.82 Å². The molecular weight excluding hydrogens is 314 g/mol. The molecule has 0 saturated carbocycles. The molecule has 0 aliphatic heterocycles. The van der Waals surface area contributed by atoms with Crippen molar-refractivity contribution in [1.29, 1.82) is 5.26 Å². The van der Waals surface area contributed by atoms with Crippen molar-refractivity contribution >= 4 is 34.9 Å². The third kappa shape index (κ3) is 3.81. The Hall–Kier alpha value is -2.37. The largest absolute Gasteiger partial charge is 0.360 e. The smallest absolute Gasteiger partial charge is 0.344 e. The van der Waals surface area contributed by atoms with Crippen molar-refractivity contribution in [2.45, 2.75) is 11.6 Å². The Labute approximate surface area is 129 Å². The average Bonchev–Trinajstić information content (AvgIpc) is 2.47. The number of nitriles is 1. The molecule has 0 aliphatic rings. The van der Waals surface area contributed by atoms with E-state index < -0.39 is 4.92 Å². The van der Waals surface area contributed by atoms with Crippen LogP contribution in [0.15, 0.2) is 35.6 Å². The Morgan fingerprint density at radius 2 is 2.10 bits per heavy atom. The molecule has 0 bridgehead atoms. The summed E-state index contributed by atoms with van der Waals surface area (Å²) in [6.45, 7) is 0.339. The Kier molecular flexibility index (Phi) is 4.92. The summed E-state index contributed by atoms with van der Waals surface area (Å²) in [5, 5.41) is 25.0. The maximum Gasteiger partial charge on any atom is 0.344 e. The zero-order chi connectivity index (χ0) is 15.2. The second-order valence-corrected chi connectivity index (χ2v) is 5.02. The maximum atomic E-state index is 11.1. The Morgan fingerprint density at radius 1 is 1.38 bits per heavy atom. The molecule has 0 saturated heterocycles. The molecule has 1 N–H and O–H groups in total. The van der Waals surface area contributed by atoms with E-state index in [1.807, 2.05) is 0 Å². The molecule has 106 valence electrons. The van der Waals surface area contributed by atoms with Crippen LogP contribution in [0.4, 0.5) is 11.5 Å². The lowest BCUT2D eigenvalue weighted by Crippen LogP contribution is -2.06. The van der Waals surface area contributed by atoms with E-state index in [0.717, 1.165) is 5.56 Å². The molecule has 1 aromatic carbocycles. The minimum atomic E-state index is -0.607. The lowest BCUT2D eigenvalue weighted by atomic mass is 10.2. The van der Waals surface area contributed by atoms with Crippen LogP contribution in [0, 0.1) is 20.8 Å². The maximum absolute atomic E-state index is 11.1. The quantitative estimate of drug-likeness (QED) is 0.296.